The van der Waals surface area contributed by atoms with Crippen molar-refractivity contribution in [3.8, 4) is 0 Å². The normalized spacial score (nSPS) is 23.9. The third-order valence-corrected chi connectivity index (χ3v) is 10.5. The number of halogens is 1. The number of piperazine rings is 1. The second-order valence-corrected chi connectivity index (χ2v) is 12.8. The van der Waals surface area contributed by atoms with Crippen molar-refractivity contribution in [2.75, 3.05) is 32.0 Å². The first kappa shape index (κ1) is 25.0. The van der Waals surface area contributed by atoms with E-state index >= 15 is 0 Å². The Hall–Kier alpha value is -3.02. The molecule has 3 aromatic rings. The van der Waals surface area contributed by atoms with Gasteiger partial charge in [-0.3, -0.25) is 19.0 Å². The fourth-order valence-corrected chi connectivity index (χ4v) is 8.08. The lowest BCUT2D eigenvalue weighted by Gasteiger charge is -2.39. The van der Waals surface area contributed by atoms with Gasteiger partial charge in [0.25, 0.3) is 11.5 Å². The quantitative estimate of drug-likeness (QED) is 0.500. The highest BCUT2D eigenvalue weighted by Crippen LogP contribution is 2.43. The molecule has 12 heteroatoms. The molecule has 1 saturated heterocycles. The summed E-state index contributed by atoms with van der Waals surface area (Å²) in [7, 11) is 2.11. The van der Waals surface area contributed by atoms with E-state index in [0.717, 1.165) is 59.6 Å². The molecule has 204 valence electrons. The second kappa shape index (κ2) is 9.00. The van der Waals surface area contributed by atoms with E-state index in [2.05, 4.69) is 39.5 Å². The van der Waals surface area contributed by atoms with Gasteiger partial charge in [0.1, 0.15) is 34.0 Å². The lowest BCUT2D eigenvalue weighted by molar-refractivity contribution is -0.138. The largest absolute Gasteiger partial charge is 0.340 e. The maximum absolute atomic E-state index is 13.6. The monoisotopic (exact) mass is 567 g/mol. The number of aromatic nitrogens is 3. The summed E-state index contributed by atoms with van der Waals surface area (Å²) in [6.45, 7) is 4.61. The van der Waals surface area contributed by atoms with Crippen LogP contribution in [-0.2, 0) is 23.3 Å². The molecular formula is C27H30ClN7O3S. The molecule has 2 N–H and O–H groups in total. The number of aryl methyl sites for hydroxylation is 1. The Morgan fingerprint density at radius 3 is 2.82 bits per heavy atom. The number of likely N-dealkylation sites (N-methyl/N-ethyl adjacent to an activating group) is 1. The first-order valence-corrected chi connectivity index (χ1v) is 14.7. The molecule has 0 radical (unpaired) electrons. The molecule has 5 heterocycles. The molecule has 2 atom stereocenters. The SMILES string of the molecule is C[C@@H]1CN(C(=O)[C@H]2CCc3c(sc4ncnc(Nc5cc(Cl)c6n(c5=O)C5(CCC5)NC6=O)c34)C2)CCN1C. The van der Waals surface area contributed by atoms with E-state index in [4.69, 9.17) is 11.6 Å². The number of hydrogen-bond donors (Lipinski definition) is 2. The van der Waals surface area contributed by atoms with Gasteiger partial charge in [0.15, 0.2) is 0 Å². The Bertz CT molecular complexity index is 1600. The molecule has 10 nitrogen and oxygen atoms in total. The zero-order chi connectivity index (χ0) is 27.1. The molecule has 1 spiro atoms. The van der Waals surface area contributed by atoms with Gasteiger partial charge < -0.3 is 20.4 Å². The summed E-state index contributed by atoms with van der Waals surface area (Å²) in [4.78, 5) is 54.9. The van der Waals surface area contributed by atoms with Crippen molar-refractivity contribution < 1.29 is 9.59 Å². The molecule has 3 aromatic heterocycles. The van der Waals surface area contributed by atoms with Gasteiger partial charge >= 0.3 is 0 Å². The van der Waals surface area contributed by atoms with Crippen LogP contribution in [0.1, 0.15) is 53.5 Å². The minimum atomic E-state index is -0.684. The summed E-state index contributed by atoms with van der Waals surface area (Å²) in [6.07, 6.45) is 6.05. The van der Waals surface area contributed by atoms with Crippen LogP contribution in [0, 0.1) is 5.92 Å². The van der Waals surface area contributed by atoms with E-state index in [1.54, 1.807) is 11.3 Å². The van der Waals surface area contributed by atoms with Crippen LogP contribution < -0.4 is 16.2 Å². The standard InChI is InChI=1S/C27H30ClN7O3S/c1-14-12-34(9-8-33(14)2)25(37)15-4-5-16-19(10-15)39-24-20(16)22(29-13-30-24)31-18-11-17(28)21-23(36)32-27(6-3-7-27)35(21)26(18)38/h11,13-15H,3-10,12H2,1-2H3,(H,32,36)(H,29,30,31)/t14-,15+/m1/s1. The van der Waals surface area contributed by atoms with E-state index < -0.39 is 5.66 Å². The number of nitrogens with zero attached hydrogens (tertiary/aromatic N) is 5. The molecule has 0 unspecified atom stereocenters. The lowest BCUT2D eigenvalue weighted by atomic mass is 9.85. The molecule has 4 aliphatic rings. The molecule has 1 saturated carbocycles. The van der Waals surface area contributed by atoms with E-state index in [1.165, 1.54) is 17.0 Å². The van der Waals surface area contributed by atoms with E-state index in [1.807, 2.05) is 4.90 Å². The highest BCUT2D eigenvalue weighted by Gasteiger charge is 2.49. The van der Waals surface area contributed by atoms with Crippen LogP contribution >= 0.6 is 22.9 Å². The first-order valence-electron chi connectivity index (χ1n) is 13.6. The van der Waals surface area contributed by atoms with Crippen LogP contribution in [0.25, 0.3) is 10.2 Å². The number of rotatable bonds is 3. The first-order chi connectivity index (χ1) is 18.8. The van der Waals surface area contributed by atoms with Crippen LogP contribution in [-0.4, -0.2) is 68.9 Å². The molecule has 2 aliphatic heterocycles. The smallest absolute Gasteiger partial charge is 0.276 e. The number of pyridine rings is 1. The summed E-state index contributed by atoms with van der Waals surface area (Å²) < 4.78 is 1.53. The summed E-state index contributed by atoms with van der Waals surface area (Å²) in [5, 5.41) is 7.33. The van der Waals surface area contributed by atoms with Gasteiger partial charge in [-0.15, -0.1) is 11.3 Å². The molecule has 39 heavy (non-hydrogen) atoms. The number of carbonyl (C=O) groups excluding carboxylic acids is 2. The van der Waals surface area contributed by atoms with Gasteiger partial charge in [0.05, 0.1) is 10.4 Å². The molecule has 0 bridgehead atoms. The van der Waals surface area contributed by atoms with Crippen molar-refractivity contribution in [2.24, 2.45) is 5.92 Å². The maximum Gasteiger partial charge on any atom is 0.276 e. The number of anilines is 2. The summed E-state index contributed by atoms with van der Waals surface area (Å²) in [6, 6.07) is 1.88. The van der Waals surface area contributed by atoms with Gasteiger partial charge in [0, 0.05) is 36.5 Å². The van der Waals surface area contributed by atoms with Crippen molar-refractivity contribution >= 4 is 56.5 Å². The van der Waals surface area contributed by atoms with E-state index in [-0.39, 0.29) is 39.7 Å². The van der Waals surface area contributed by atoms with Crippen LogP contribution in [0.4, 0.5) is 11.5 Å². The van der Waals surface area contributed by atoms with Crippen LogP contribution in [0.5, 0.6) is 0 Å². The maximum atomic E-state index is 13.6. The fraction of sp³-hybridized carbons (Fsp3) is 0.519. The van der Waals surface area contributed by atoms with Crippen molar-refractivity contribution in [3.63, 3.8) is 0 Å². The predicted octanol–water partition coefficient (Wildman–Crippen LogP) is 3.10. The second-order valence-electron chi connectivity index (χ2n) is 11.3. The molecule has 2 amide bonds. The van der Waals surface area contributed by atoms with Crippen molar-refractivity contribution in [3.05, 3.63) is 43.9 Å². The Labute approximate surface area is 234 Å². The average molecular weight is 568 g/mol. The highest BCUT2D eigenvalue weighted by molar-refractivity contribution is 7.19. The summed E-state index contributed by atoms with van der Waals surface area (Å²) >= 11 is 8.12. The van der Waals surface area contributed by atoms with Gasteiger partial charge in [-0.25, -0.2) is 9.97 Å². The highest BCUT2D eigenvalue weighted by atomic mass is 35.5. The zero-order valence-corrected chi connectivity index (χ0v) is 23.5. The van der Waals surface area contributed by atoms with Crippen LogP contribution in [0.2, 0.25) is 5.02 Å². The van der Waals surface area contributed by atoms with E-state index in [9.17, 15) is 14.4 Å². The Morgan fingerprint density at radius 1 is 1.26 bits per heavy atom. The predicted molar refractivity (Wildman–Crippen MR) is 150 cm³/mol. The van der Waals surface area contributed by atoms with Gasteiger partial charge in [0.2, 0.25) is 5.91 Å². The Kier molecular flexibility index (Phi) is 5.77. The van der Waals surface area contributed by atoms with E-state index in [0.29, 0.717) is 31.1 Å². The van der Waals surface area contributed by atoms with Crippen LogP contribution in [0.3, 0.4) is 0 Å². The summed E-state index contributed by atoms with van der Waals surface area (Å²) in [5.74, 6) is 0.449. The molecular weight excluding hydrogens is 538 g/mol. The fourth-order valence-electron chi connectivity index (χ4n) is 6.53. The van der Waals surface area contributed by atoms with Gasteiger partial charge in [-0.2, -0.15) is 0 Å². The number of fused-ring (bicyclic) bond motifs is 5. The molecule has 2 fully saturated rings. The third kappa shape index (κ3) is 3.81. The third-order valence-electron chi connectivity index (χ3n) is 9.04. The Morgan fingerprint density at radius 2 is 2.08 bits per heavy atom. The molecule has 0 aromatic carbocycles. The zero-order valence-electron chi connectivity index (χ0n) is 21.9. The minimum Gasteiger partial charge on any atom is -0.340 e. The number of thiophene rings is 1. The van der Waals surface area contributed by atoms with Crippen LogP contribution in [0.15, 0.2) is 17.2 Å². The number of amides is 2. The van der Waals surface area contributed by atoms with Gasteiger partial charge in [-0.05, 0) is 64.1 Å². The number of nitrogens with one attached hydrogen (secondary N) is 2. The number of carbonyl (C=O) groups is 2. The molecule has 7 rings (SSSR count). The Balaban J connectivity index is 1.20. The average Bonchev–Trinajstić information content (AvgIpc) is 3.44. The summed E-state index contributed by atoms with van der Waals surface area (Å²) in [5.41, 5.74) is 0.665. The minimum absolute atomic E-state index is 0.0330. The number of hydrogen-bond acceptors (Lipinski definition) is 8. The van der Waals surface area contributed by atoms with Crippen molar-refractivity contribution in [1.29, 1.82) is 0 Å². The van der Waals surface area contributed by atoms with Gasteiger partial charge in [-0.1, -0.05) is 11.6 Å². The van der Waals surface area contributed by atoms with Crippen molar-refractivity contribution in [2.45, 2.75) is 57.2 Å². The topological polar surface area (TPSA) is 112 Å². The van der Waals surface area contributed by atoms with Crippen molar-refractivity contribution in [1.82, 2.24) is 29.7 Å². The lowest BCUT2D eigenvalue weighted by Crippen LogP contribution is -2.53. The molecule has 2 aliphatic carbocycles.